The number of amides is 1. The Labute approximate surface area is 173 Å². The van der Waals surface area contributed by atoms with E-state index in [1.165, 1.54) is 12.1 Å². The molecular formula is C19H21N3O7S. The molecular weight excluding hydrogens is 414 g/mol. The fourth-order valence-corrected chi connectivity index (χ4v) is 3.57. The number of fused-ring (bicyclic) bond motifs is 1. The minimum Gasteiger partial charge on any atom is -0.482 e. The third kappa shape index (κ3) is 4.79. The second-order valence-corrected chi connectivity index (χ2v) is 8.75. The Balaban J connectivity index is 1.57. The fraction of sp³-hybridized carbons (Fsp3) is 0.316. The van der Waals surface area contributed by atoms with Crippen LogP contribution in [0.5, 0.6) is 11.5 Å². The summed E-state index contributed by atoms with van der Waals surface area (Å²) in [6, 6.07) is 10.7. The molecule has 0 radical (unpaired) electrons. The molecule has 2 N–H and O–H groups in total. The second kappa shape index (κ2) is 8.57. The number of nitro groups is 1. The quantitative estimate of drug-likeness (QED) is 0.381. The maximum absolute atomic E-state index is 12.4. The van der Waals surface area contributed by atoms with Gasteiger partial charge >= 0.3 is 0 Å². The summed E-state index contributed by atoms with van der Waals surface area (Å²) in [6.07, 6.45) is -0.341. The van der Waals surface area contributed by atoms with Gasteiger partial charge in [0.1, 0.15) is 11.8 Å². The van der Waals surface area contributed by atoms with Crippen molar-refractivity contribution < 1.29 is 27.6 Å². The van der Waals surface area contributed by atoms with Crippen molar-refractivity contribution in [3.63, 3.8) is 0 Å². The van der Waals surface area contributed by atoms with E-state index in [2.05, 4.69) is 10.6 Å². The molecule has 11 heteroatoms. The molecule has 2 aromatic carbocycles. The topological polar surface area (TPSA) is 137 Å². The molecule has 2 unspecified atom stereocenters. The van der Waals surface area contributed by atoms with Gasteiger partial charge < -0.3 is 20.1 Å². The SMILES string of the molecule is CC1Oc2ccccc2OC1C(=O)NCCNc1ccc(S(C)(=O)=O)cc1[N+](=O)[O-]. The third-order valence-corrected chi connectivity index (χ3v) is 5.54. The number of hydrogen-bond acceptors (Lipinski definition) is 8. The van der Waals surface area contributed by atoms with Crippen LogP contribution in [0.1, 0.15) is 6.92 Å². The summed E-state index contributed by atoms with van der Waals surface area (Å²) in [5.74, 6) is 0.678. The molecule has 10 nitrogen and oxygen atoms in total. The van der Waals surface area contributed by atoms with Gasteiger partial charge in [-0.05, 0) is 31.2 Å². The molecule has 1 aliphatic rings. The van der Waals surface area contributed by atoms with E-state index in [0.29, 0.717) is 11.5 Å². The largest absolute Gasteiger partial charge is 0.482 e. The Morgan fingerprint density at radius 1 is 1.13 bits per heavy atom. The maximum Gasteiger partial charge on any atom is 0.293 e. The van der Waals surface area contributed by atoms with Crippen LogP contribution in [-0.2, 0) is 14.6 Å². The molecule has 0 fully saturated rings. The van der Waals surface area contributed by atoms with Gasteiger partial charge in [0, 0.05) is 25.4 Å². The number of hydrogen-bond donors (Lipinski definition) is 2. The maximum atomic E-state index is 12.4. The van der Waals surface area contributed by atoms with E-state index in [-0.39, 0.29) is 35.3 Å². The number of nitrogens with zero attached hydrogens (tertiary/aromatic N) is 1. The number of sulfone groups is 1. The normalized spacial score (nSPS) is 17.8. The van der Waals surface area contributed by atoms with Crippen molar-refractivity contribution in [1.82, 2.24) is 5.32 Å². The summed E-state index contributed by atoms with van der Waals surface area (Å²) in [7, 11) is -3.57. The molecule has 1 heterocycles. The molecule has 0 aromatic heterocycles. The molecule has 0 bridgehead atoms. The van der Waals surface area contributed by atoms with Gasteiger partial charge in [-0.2, -0.15) is 0 Å². The van der Waals surface area contributed by atoms with Gasteiger partial charge in [0.25, 0.3) is 11.6 Å². The van der Waals surface area contributed by atoms with Gasteiger partial charge in [-0.15, -0.1) is 0 Å². The van der Waals surface area contributed by atoms with Crippen LogP contribution >= 0.6 is 0 Å². The van der Waals surface area contributed by atoms with Crippen molar-refractivity contribution in [1.29, 1.82) is 0 Å². The van der Waals surface area contributed by atoms with Gasteiger partial charge in [-0.3, -0.25) is 14.9 Å². The number of carbonyl (C=O) groups excluding carboxylic acids is 1. The first-order valence-corrected chi connectivity index (χ1v) is 11.0. The Bertz CT molecular complexity index is 1070. The number of carbonyl (C=O) groups is 1. The zero-order valence-electron chi connectivity index (χ0n) is 16.3. The van der Waals surface area contributed by atoms with Crippen molar-refractivity contribution in [2.75, 3.05) is 24.7 Å². The average Bonchev–Trinajstić information content (AvgIpc) is 2.69. The van der Waals surface area contributed by atoms with Gasteiger partial charge in [-0.1, -0.05) is 12.1 Å². The number of nitrogens with one attached hydrogen (secondary N) is 2. The van der Waals surface area contributed by atoms with Crippen molar-refractivity contribution in [2.24, 2.45) is 0 Å². The van der Waals surface area contributed by atoms with Gasteiger partial charge in [0.2, 0.25) is 6.10 Å². The predicted octanol–water partition coefficient (Wildman–Crippen LogP) is 1.75. The van der Waals surface area contributed by atoms with E-state index >= 15 is 0 Å². The zero-order valence-corrected chi connectivity index (χ0v) is 17.1. The Morgan fingerprint density at radius 2 is 1.80 bits per heavy atom. The Morgan fingerprint density at radius 3 is 2.43 bits per heavy atom. The van der Waals surface area contributed by atoms with E-state index in [4.69, 9.17) is 9.47 Å². The molecule has 1 amide bonds. The molecule has 0 aliphatic carbocycles. The van der Waals surface area contributed by atoms with Crippen molar-refractivity contribution >= 4 is 27.1 Å². The van der Waals surface area contributed by atoms with Gasteiger partial charge in [0.05, 0.1) is 9.82 Å². The number of anilines is 1. The number of ether oxygens (including phenoxy) is 2. The standard InChI is InChI=1S/C19H21N3O7S/c1-12-18(29-17-6-4-3-5-16(17)28-12)19(23)21-10-9-20-14-8-7-13(30(2,26)27)11-15(14)22(24)25/h3-8,11-12,18,20H,9-10H2,1-2H3,(H,21,23). The van der Waals surface area contributed by atoms with Gasteiger partial charge in [0.15, 0.2) is 21.3 Å². The monoisotopic (exact) mass is 435 g/mol. The summed E-state index contributed by atoms with van der Waals surface area (Å²) in [5.41, 5.74) is -0.209. The molecule has 0 saturated carbocycles. The first-order chi connectivity index (χ1) is 14.2. The van der Waals surface area contributed by atoms with Crippen molar-refractivity contribution in [2.45, 2.75) is 24.0 Å². The lowest BCUT2D eigenvalue weighted by atomic mass is 10.1. The molecule has 30 heavy (non-hydrogen) atoms. The smallest absolute Gasteiger partial charge is 0.293 e. The highest BCUT2D eigenvalue weighted by Gasteiger charge is 2.33. The average molecular weight is 435 g/mol. The molecule has 1 aliphatic heterocycles. The highest BCUT2D eigenvalue weighted by molar-refractivity contribution is 7.90. The van der Waals surface area contributed by atoms with Crippen molar-refractivity contribution in [3.05, 3.63) is 52.6 Å². The molecule has 0 saturated heterocycles. The lowest BCUT2D eigenvalue weighted by Gasteiger charge is -2.31. The minimum absolute atomic E-state index is 0.142. The first-order valence-electron chi connectivity index (χ1n) is 9.09. The fourth-order valence-electron chi connectivity index (χ4n) is 2.93. The van der Waals surface area contributed by atoms with Crippen LogP contribution in [0.4, 0.5) is 11.4 Å². The number of rotatable bonds is 7. The zero-order chi connectivity index (χ0) is 21.9. The van der Waals surface area contributed by atoms with Crippen molar-refractivity contribution in [3.8, 4) is 11.5 Å². The van der Waals surface area contributed by atoms with Crippen LogP contribution < -0.4 is 20.1 Å². The summed E-state index contributed by atoms with van der Waals surface area (Å²) >= 11 is 0. The van der Waals surface area contributed by atoms with E-state index in [0.717, 1.165) is 12.3 Å². The molecule has 3 rings (SSSR count). The summed E-state index contributed by atoms with van der Waals surface area (Å²) in [5, 5.41) is 16.8. The lowest BCUT2D eigenvalue weighted by molar-refractivity contribution is -0.384. The van der Waals surface area contributed by atoms with E-state index in [1.54, 1.807) is 25.1 Å². The molecule has 2 atom stereocenters. The summed E-state index contributed by atoms with van der Waals surface area (Å²) < 4.78 is 34.6. The lowest BCUT2D eigenvalue weighted by Crippen LogP contribution is -2.49. The van der Waals surface area contributed by atoms with Crippen LogP contribution in [0.3, 0.4) is 0 Å². The van der Waals surface area contributed by atoms with Crippen LogP contribution in [0, 0.1) is 10.1 Å². The van der Waals surface area contributed by atoms with Gasteiger partial charge in [-0.25, -0.2) is 8.42 Å². The van der Waals surface area contributed by atoms with Crippen LogP contribution in [0.2, 0.25) is 0 Å². The first kappa shape index (κ1) is 21.4. The van der Waals surface area contributed by atoms with E-state index in [9.17, 15) is 23.3 Å². The van der Waals surface area contributed by atoms with Crippen LogP contribution in [0.25, 0.3) is 0 Å². The van der Waals surface area contributed by atoms with Crippen LogP contribution in [0.15, 0.2) is 47.4 Å². The third-order valence-electron chi connectivity index (χ3n) is 4.43. The van der Waals surface area contributed by atoms with E-state index in [1.807, 2.05) is 6.07 Å². The summed E-state index contributed by atoms with van der Waals surface area (Å²) in [6.45, 7) is 2.08. The van der Waals surface area contributed by atoms with Crippen LogP contribution in [-0.4, -0.2) is 50.8 Å². The summed E-state index contributed by atoms with van der Waals surface area (Å²) in [4.78, 5) is 22.9. The number of para-hydroxylation sites is 2. The minimum atomic E-state index is -3.57. The Hall–Kier alpha value is -3.34. The second-order valence-electron chi connectivity index (χ2n) is 6.73. The molecule has 0 spiro atoms. The molecule has 2 aromatic rings. The number of benzene rings is 2. The highest BCUT2D eigenvalue weighted by Crippen LogP contribution is 2.33. The molecule has 160 valence electrons. The predicted molar refractivity (Wildman–Crippen MR) is 109 cm³/mol. The number of nitro benzene ring substituents is 1. The Kier molecular flexibility index (Phi) is 6.11. The highest BCUT2D eigenvalue weighted by atomic mass is 32.2. The van der Waals surface area contributed by atoms with E-state index < -0.39 is 27.0 Å².